The van der Waals surface area contributed by atoms with Crippen molar-refractivity contribution in [2.24, 2.45) is 5.73 Å². The van der Waals surface area contributed by atoms with Crippen LogP contribution in [0.1, 0.15) is 21.5 Å². The summed E-state index contributed by atoms with van der Waals surface area (Å²) in [5, 5.41) is 1.49. The van der Waals surface area contributed by atoms with Crippen molar-refractivity contribution in [2.45, 2.75) is 12.2 Å². The average Bonchev–Trinajstić information content (AvgIpc) is 2.48. The second kappa shape index (κ2) is 6.26. The zero-order valence-corrected chi connectivity index (χ0v) is 12.1. The van der Waals surface area contributed by atoms with Gasteiger partial charge in [0.25, 0.3) is 5.91 Å². The average molecular weight is 366 g/mol. The number of amides is 1. The van der Waals surface area contributed by atoms with Gasteiger partial charge < -0.3 is 11.1 Å². The van der Waals surface area contributed by atoms with Crippen molar-refractivity contribution in [3.8, 4) is 0 Å². The van der Waals surface area contributed by atoms with Crippen molar-refractivity contribution in [1.29, 1.82) is 0 Å². The van der Waals surface area contributed by atoms with Crippen LogP contribution in [0.15, 0.2) is 36.4 Å². The van der Waals surface area contributed by atoms with E-state index in [1.54, 1.807) is 0 Å². The first-order valence-electron chi connectivity index (χ1n) is 6.55. The molecule has 10 heteroatoms. The van der Waals surface area contributed by atoms with Gasteiger partial charge in [0.2, 0.25) is 0 Å². The summed E-state index contributed by atoms with van der Waals surface area (Å²) in [5.41, 5.74) is 0.478. The van der Waals surface area contributed by atoms with E-state index in [1.807, 2.05) is 0 Å². The van der Waals surface area contributed by atoms with Gasteiger partial charge in [-0.05, 0) is 24.3 Å². The highest BCUT2D eigenvalue weighted by atomic mass is 19.4. The van der Waals surface area contributed by atoms with Crippen molar-refractivity contribution in [3.05, 3.63) is 64.7 Å². The minimum Gasteiger partial charge on any atom is -0.366 e. The third-order valence-electron chi connectivity index (χ3n) is 3.21. The molecule has 0 saturated carbocycles. The summed E-state index contributed by atoms with van der Waals surface area (Å²) in [6.07, 6.45) is -5.25. The van der Waals surface area contributed by atoms with Gasteiger partial charge in [-0.1, -0.05) is 12.1 Å². The lowest BCUT2D eigenvalue weighted by atomic mass is 10.1. The molecule has 0 unspecified atom stereocenters. The fraction of sp³-hybridized carbons (Fsp3) is 0.133. The first kappa shape index (κ1) is 18.6. The number of para-hydroxylation sites is 1. The summed E-state index contributed by atoms with van der Waals surface area (Å²) in [4.78, 5) is 11.2. The zero-order valence-electron chi connectivity index (χ0n) is 12.1. The molecule has 0 bridgehead atoms. The lowest BCUT2D eigenvalue weighted by molar-refractivity contribution is -0.140. The second-order valence-electron chi connectivity index (χ2n) is 4.90. The van der Waals surface area contributed by atoms with E-state index >= 15 is 0 Å². The monoisotopic (exact) mass is 366 g/mol. The lowest BCUT2D eigenvalue weighted by Gasteiger charge is -2.22. The number of hydrogen-bond acceptors (Lipinski definition) is 2. The van der Waals surface area contributed by atoms with Crippen molar-refractivity contribution in [1.82, 2.24) is 0 Å². The Morgan fingerprint density at radius 3 is 1.96 bits per heavy atom. The van der Waals surface area contributed by atoms with E-state index in [0.717, 1.165) is 12.1 Å². The van der Waals surface area contributed by atoms with Gasteiger partial charge in [-0.25, -0.2) is 8.78 Å². The SMILES string of the molecule is NC(=O)c1ccccc1NC(F)(F)c1ccc(C(F)(F)F)c(F)c1F. The molecule has 1 amide bonds. The fourth-order valence-electron chi connectivity index (χ4n) is 2.05. The number of nitrogens with two attached hydrogens (primary N) is 1. The number of benzene rings is 2. The number of anilines is 1. The van der Waals surface area contributed by atoms with Crippen LogP contribution in [0.3, 0.4) is 0 Å². The third-order valence-corrected chi connectivity index (χ3v) is 3.21. The molecule has 0 aliphatic rings. The number of primary amides is 1. The number of halogens is 7. The second-order valence-corrected chi connectivity index (χ2v) is 4.90. The standard InChI is InChI=1S/C15H9F7N2O/c16-11-8(14(18,19)20)5-6-9(12(11)17)15(21,22)24-10-4-2-1-3-7(10)13(23)25/h1-6,24H,(H2,23,25). The Morgan fingerprint density at radius 2 is 1.40 bits per heavy atom. The Balaban J connectivity index is 2.48. The minimum atomic E-state index is -5.25. The zero-order chi connectivity index (χ0) is 19.0. The molecule has 0 aliphatic heterocycles. The molecule has 0 heterocycles. The number of rotatable bonds is 4. The van der Waals surface area contributed by atoms with Gasteiger partial charge >= 0.3 is 12.2 Å². The Kier molecular flexibility index (Phi) is 4.65. The van der Waals surface area contributed by atoms with E-state index in [9.17, 15) is 35.5 Å². The Bertz CT molecular complexity index is 818. The van der Waals surface area contributed by atoms with Gasteiger partial charge in [0, 0.05) is 0 Å². The summed E-state index contributed by atoms with van der Waals surface area (Å²) < 4.78 is 93.1. The fourth-order valence-corrected chi connectivity index (χ4v) is 2.05. The summed E-state index contributed by atoms with van der Waals surface area (Å²) >= 11 is 0. The molecule has 3 nitrogen and oxygen atoms in total. The predicted octanol–water partition coefficient (Wildman–Crippen LogP) is 4.24. The van der Waals surface area contributed by atoms with Crippen molar-refractivity contribution in [3.63, 3.8) is 0 Å². The topological polar surface area (TPSA) is 55.1 Å². The van der Waals surface area contributed by atoms with Crippen LogP contribution >= 0.6 is 0 Å². The molecular weight excluding hydrogens is 357 g/mol. The smallest absolute Gasteiger partial charge is 0.366 e. The summed E-state index contributed by atoms with van der Waals surface area (Å²) in [5.74, 6) is -5.88. The van der Waals surface area contributed by atoms with Gasteiger partial charge in [0.1, 0.15) is 0 Å². The summed E-state index contributed by atoms with van der Waals surface area (Å²) in [6.45, 7) is 0. The molecule has 3 N–H and O–H groups in total. The number of alkyl halides is 5. The summed E-state index contributed by atoms with van der Waals surface area (Å²) in [7, 11) is 0. The van der Waals surface area contributed by atoms with E-state index < -0.39 is 46.6 Å². The van der Waals surface area contributed by atoms with E-state index in [2.05, 4.69) is 0 Å². The normalized spacial score (nSPS) is 12.1. The molecule has 0 fully saturated rings. The number of carbonyl (C=O) groups is 1. The highest BCUT2D eigenvalue weighted by Crippen LogP contribution is 2.38. The molecule has 2 aromatic rings. The van der Waals surface area contributed by atoms with Crippen molar-refractivity contribution >= 4 is 11.6 Å². The minimum absolute atomic E-state index is 0.00330. The van der Waals surface area contributed by atoms with E-state index in [-0.39, 0.29) is 17.7 Å². The van der Waals surface area contributed by atoms with Crippen LogP contribution in [-0.2, 0) is 12.2 Å². The largest absolute Gasteiger partial charge is 0.419 e. The highest BCUT2D eigenvalue weighted by Gasteiger charge is 2.41. The van der Waals surface area contributed by atoms with Crippen molar-refractivity contribution < 1.29 is 35.5 Å². The molecular formula is C15H9F7N2O. The van der Waals surface area contributed by atoms with Crippen LogP contribution in [0.5, 0.6) is 0 Å². The Labute approximate surface area is 136 Å². The molecule has 25 heavy (non-hydrogen) atoms. The molecule has 0 saturated heterocycles. The van der Waals surface area contributed by atoms with E-state index in [1.165, 1.54) is 17.4 Å². The molecule has 0 spiro atoms. The first-order chi connectivity index (χ1) is 11.4. The van der Waals surface area contributed by atoms with Gasteiger partial charge in [0.15, 0.2) is 11.6 Å². The molecule has 2 rings (SSSR count). The van der Waals surface area contributed by atoms with Gasteiger partial charge in [-0.3, -0.25) is 4.79 Å². The maximum Gasteiger partial charge on any atom is 0.419 e. The van der Waals surface area contributed by atoms with Gasteiger partial charge in [-0.15, -0.1) is 0 Å². The maximum atomic E-state index is 14.2. The van der Waals surface area contributed by atoms with Crippen LogP contribution in [0, 0.1) is 11.6 Å². The van der Waals surface area contributed by atoms with E-state index in [4.69, 9.17) is 5.73 Å². The van der Waals surface area contributed by atoms with Crippen LogP contribution in [0.25, 0.3) is 0 Å². The molecule has 0 aromatic heterocycles. The first-order valence-corrected chi connectivity index (χ1v) is 6.55. The number of hydrogen-bond donors (Lipinski definition) is 2. The molecule has 2 aromatic carbocycles. The number of carbonyl (C=O) groups excluding carboxylic acids is 1. The molecule has 0 atom stereocenters. The number of nitrogens with one attached hydrogen (secondary N) is 1. The van der Waals surface area contributed by atoms with Crippen molar-refractivity contribution in [2.75, 3.05) is 5.32 Å². The highest BCUT2D eigenvalue weighted by molar-refractivity contribution is 5.98. The Morgan fingerprint density at radius 1 is 0.880 bits per heavy atom. The Hall–Kier alpha value is -2.78. The van der Waals surface area contributed by atoms with Crippen LogP contribution in [0.4, 0.5) is 36.4 Å². The van der Waals surface area contributed by atoms with E-state index in [0.29, 0.717) is 0 Å². The molecule has 0 radical (unpaired) electrons. The molecule has 134 valence electrons. The summed E-state index contributed by atoms with van der Waals surface area (Å²) in [6, 6.07) is 0.498. The van der Waals surface area contributed by atoms with Gasteiger partial charge in [0.05, 0.1) is 22.4 Å². The third kappa shape index (κ3) is 3.67. The van der Waals surface area contributed by atoms with Crippen LogP contribution in [0.2, 0.25) is 0 Å². The molecule has 0 aliphatic carbocycles. The maximum absolute atomic E-state index is 14.2. The predicted molar refractivity (Wildman–Crippen MR) is 73.8 cm³/mol. The van der Waals surface area contributed by atoms with Crippen LogP contribution < -0.4 is 11.1 Å². The lowest BCUT2D eigenvalue weighted by Crippen LogP contribution is -2.29. The van der Waals surface area contributed by atoms with Gasteiger partial charge in [-0.2, -0.15) is 22.0 Å². The quantitative estimate of drug-likeness (QED) is 0.628. The van der Waals surface area contributed by atoms with Crippen LogP contribution in [-0.4, -0.2) is 5.91 Å².